The minimum absolute atomic E-state index is 0.312. The maximum atomic E-state index is 12.8. The first-order valence-electron chi connectivity index (χ1n) is 7.12. The highest BCUT2D eigenvalue weighted by molar-refractivity contribution is 5.97. The number of hydrogen-bond acceptors (Lipinski definition) is 4. The van der Waals surface area contributed by atoms with E-state index in [-0.39, 0.29) is 0 Å². The lowest BCUT2D eigenvalue weighted by molar-refractivity contribution is -0.124. The third-order valence-corrected chi connectivity index (χ3v) is 3.17. The third-order valence-electron chi connectivity index (χ3n) is 3.17. The zero-order chi connectivity index (χ0) is 16.8. The number of anilines is 2. The lowest BCUT2D eigenvalue weighted by Crippen LogP contribution is -2.32. The Bertz CT molecular complexity index is 684. The molecule has 0 aliphatic carbocycles. The first-order chi connectivity index (χ1) is 11.0. The summed E-state index contributed by atoms with van der Waals surface area (Å²) >= 11 is 0. The lowest BCUT2D eigenvalue weighted by atomic mass is 10.2. The Morgan fingerprint density at radius 2 is 1.74 bits per heavy atom. The Kier molecular flexibility index (Phi) is 5.30. The fraction of sp³-hybridized carbons (Fsp3) is 0.176. The molecular formula is C17H17FN2O3. The van der Waals surface area contributed by atoms with Crippen LogP contribution >= 0.6 is 0 Å². The van der Waals surface area contributed by atoms with E-state index in [0.717, 1.165) is 0 Å². The number of carbonyl (C=O) groups is 2. The number of carbonyl (C=O) groups excluding carboxylic acids is 2. The molecule has 23 heavy (non-hydrogen) atoms. The molecule has 6 heteroatoms. The normalized spacial score (nSPS) is 11.6. The van der Waals surface area contributed by atoms with Gasteiger partial charge in [-0.3, -0.25) is 4.79 Å². The van der Waals surface area contributed by atoms with Crippen molar-refractivity contribution >= 4 is 23.3 Å². The number of ether oxygens (including phenoxy) is 1. The van der Waals surface area contributed by atoms with Gasteiger partial charge in [0, 0.05) is 11.4 Å². The molecule has 0 heterocycles. The fourth-order valence-electron chi connectivity index (χ4n) is 1.89. The molecule has 2 rings (SSSR count). The number of rotatable bonds is 5. The van der Waals surface area contributed by atoms with Crippen LogP contribution < -0.4 is 11.1 Å². The second kappa shape index (κ2) is 7.40. The van der Waals surface area contributed by atoms with Gasteiger partial charge in [-0.25, -0.2) is 9.18 Å². The quantitative estimate of drug-likeness (QED) is 0.656. The highest BCUT2D eigenvalue weighted by Crippen LogP contribution is 2.13. The summed E-state index contributed by atoms with van der Waals surface area (Å²) in [6.07, 6.45) is -0.626. The van der Waals surface area contributed by atoms with E-state index in [1.165, 1.54) is 36.4 Å². The molecule has 0 aliphatic rings. The van der Waals surface area contributed by atoms with E-state index < -0.39 is 23.8 Å². The second-order valence-electron chi connectivity index (χ2n) is 4.92. The molecule has 1 unspecified atom stereocenters. The Hall–Kier alpha value is -2.89. The van der Waals surface area contributed by atoms with Gasteiger partial charge in [0.2, 0.25) is 0 Å². The van der Waals surface area contributed by atoms with Gasteiger partial charge in [-0.1, -0.05) is 6.92 Å². The van der Waals surface area contributed by atoms with Gasteiger partial charge >= 0.3 is 5.97 Å². The molecule has 0 aromatic heterocycles. The number of nitrogens with two attached hydrogens (primary N) is 1. The van der Waals surface area contributed by atoms with Gasteiger partial charge < -0.3 is 15.8 Å². The molecule has 0 spiro atoms. The van der Waals surface area contributed by atoms with Crippen LogP contribution in [0.2, 0.25) is 0 Å². The summed E-state index contributed by atoms with van der Waals surface area (Å²) in [4.78, 5) is 24.2. The van der Waals surface area contributed by atoms with Crippen LogP contribution in [-0.4, -0.2) is 18.0 Å². The summed E-state index contributed by atoms with van der Waals surface area (Å²) in [5, 5.41) is 2.58. The van der Waals surface area contributed by atoms with Crippen LogP contribution in [0.5, 0.6) is 0 Å². The van der Waals surface area contributed by atoms with E-state index in [1.54, 1.807) is 19.1 Å². The summed E-state index contributed by atoms with van der Waals surface area (Å²) in [6.45, 7) is 1.73. The average Bonchev–Trinajstić information content (AvgIpc) is 2.55. The summed E-state index contributed by atoms with van der Waals surface area (Å²) < 4.78 is 18.1. The molecule has 2 aromatic rings. The van der Waals surface area contributed by atoms with Crippen LogP contribution in [0.3, 0.4) is 0 Å². The largest absolute Gasteiger partial charge is 0.449 e. The lowest BCUT2D eigenvalue weighted by Gasteiger charge is -2.16. The summed E-state index contributed by atoms with van der Waals surface area (Å²) in [6, 6.07) is 11.5. The predicted molar refractivity (Wildman–Crippen MR) is 85.4 cm³/mol. The molecule has 0 bridgehead atoms. The first-order valence-corrected chi connectivity index (χ1v) is 7.12. The molecule has 0 aliphatic heterocycles. The number of hydrogen-bond donors (Lipinski definition) is 2. The van der Waals surface area contributed by atoms with Crippen molar-refractivity contribution in [3.63, 3.8) is 0 Å². The number of esters is 1. The first kappa shape index (κ1) is 16.5. The van der Waals surface area contributed by atoms with Crippen LogP contribution in [0.15, 0.2) is 48.5 Å². The number of amides is 1. The highest BCUT2D eigenvalue weighted by atomic mass is 19.1. The molecule has 2 aromatic carbocycles. The predicted octanol–water partition coefficient (Wildman–Crippen LogP) is 2.98. The molecule has 0 fully saturated rings. The molecule has 0 saturated heterocycles. The van der Waals surface area contributed by atoms with Crippen molar-refractivity contribution in [2.24, 2.45) is 0 Å². The maximum Gasteiger partial charge on any atom is 0.338 e. The van der Waals surface area contributed by atoms with Crippen molar-refractivity contribution in [1.82, 2.24) is 0 Å². The monoisotopic (exact) mass is 316 g/mol. The number of halogens is 1. The molecule has 5 nitrogen and oxygen atoms in total. The van der Waals surface area contributed by atoms with Crippen molar-refractivity contribution in [1.29, 1.82) is 0 Å². The second-order valence-corrected chi connectivity index (χ2v) is 4.92. The molecular weight excluding hydrogens is 299 g/mol. The average molecular weight is 316 g/mol. The molecule has 1 amide bonds. The van der Waals surface area contributed by atoms with Crippen molar-refractivity contribution in [2.75, 3.05) is 11.1 Å². The van der Waals surface area contributed by atoms with Crippen LogP contribution in [0, 0.1) is 5.82 Å². The molecule has 3 N–H and O–H groups in total. The van der Waals surface area contributed by atoms with Crippen LogP contribution in [0.4, 0.5) is 15.8 Å². The smallest absolute Gasteiger partial charge is 0.338 e. The van der Waals surface area contributed by atoms with E-state index in [9.17, 15) is 14.0 Å². The fourth-order valence-corrected chi connectivity index (χ4v) is 1.89. The standard InChI is InChI=1S/C17H17FN2O3/c1-2-15(16(21)20-14-9-5-12(18)6-10-14)23-17(22)11-3-7-13(19)8-4-11/h3-10,15H,2,19H2,1H3,(H,20,21). The topological polar surface area (TPSA) is 81.4 Å². The van der Waals surface area contributed by atoms with Crippen molar-refractivity contribution < 1.29 is 18.7 Å². The minimum atomic E-state index is -0.940. The van der Waals surface area contributed by atoms with E-state index in [2.05, 4.69) is 5.32 Å². The Morgan fingerprint density at radius 1 is 1.13 bits per heavy atom. The summed E-state index contributed by atoms with van der Waals surface area (Å²) in [5.41, 5.74) is 6.83. The Morgan fingerprint density at radius 3 is 2.30 bits per heavy atom. The molecule has 120 valence electrons. The Balaban J connectivity index is 2.00. The van der Waals surface area contributed by atoms with Crippen LogP contribution in [0.25, 0.3) is 0 Å². The Labute approximate surface area is 133 Å². The van der Waals surface area contributed by atoms with Gasteiger partial charge in [0.25, 0.3) is 5.91 Å². The van der Waals surface area contributed by atoms with Gasteiger partial charge in [-0.15, -0.1) is 0 Å². The van der Waals surface area contributed by atoms with Gasteiger partial charge in [-0.2, -0.15) is 0 Å². The van der Waals surface area contributed by atoms with E-state index in [0.29, 0.717) is 23.4 Å². The van der Waals surface area contributed by atoms with E-state index in [1.807, 2.05) is 0 Å². The molecule has 1 atom stereocenters. The minimum Gasteiger partial charge on any atom is -0.449 e. The van der Waals surface area contributed by atoms with Gasteiger partial charge in [0.05, 0.1) is 5.56 Å². The van der Waals surface area contributed by atoms with E-state index in [4.69, 9.17) is 10.5 Å². The van der Waals surface area contributed by atoms with Gasteiger partial charge in [0.1, 0.15) is 5.82 Å². The highest BCUT2D eigenvalue weighted by Gasteiger charge is 2.22. The summed E-state index contributed by atoms with van der Waals surface area (Å²) in [5.74, 6) is -1.47. The van der Waals surface area contributed by atoms with Crippen molar-refractivity contribution in [2.45, 2.75) is 19.4 Å². The van der Waals surface area contributed by atoms with Gasteiger partial charge in [0.15, 0.2) is 6.10 Å². The SMILES string of the molecule is CCC(OC(=O)c1ccc(N)cc1)C(=O)Nc1ccc(F)cc1. The number of nitrogens with one attached hydrogen (secondary N) is 1. The van der Waals surface area contributed by atoms with Crippen molar-refractivity contribution in [3.05, 3.63) is 59.9 Å². The third kappa shape index (κ3) is 4.54. The van der Waals surface area contributed by atoms with Gasteiger partial charge in [-0.05, 0) is 55.0 Å². The zero-order valence-corrected chi connectivity index (χ0v) is 12.6. The molecule has 0 radical (unpaired) electrons. The summed E-state index contributed by atoms with van der Waals surface area (Å²) in [7, 11) is 0. The number of benzene rings is 2. The molecule has 0 saturated carbocycles. The maximum absolute atomic E-state index is 12.8. The van der Waals surface area contributed by atoms with E-state index >= 15 is 0 Å². The zero-order valence-electron chi connectivity index (χ0n) is 12.6. The number of nitrogen functional groups attached to an aromatic ring is 1. The van der Waals surface area contributed by atoms with Crippen LogP contribution in [0.1, 0.15) is 23.7 Å². The van der Waals surface area contributed by atoms with Crippen molar-refractivity contribution in [3.8, 4) is 0 Å². The van der Waals surface area contributed by atoms with Crippen LogP contribution in [-0.2, 0) is 9.53 Å².